The standard InChI is InChI=1S/C32H31Cl2N3O5S/c1-3-37-31(39)29(43-32(37)35-25-7-5-6-22(18-25)30(38)36-12-14-40-15-13-36)17-21-8-11-27(28(16-21)41-4-2)42-20-23-9-10-24(33)19-26(23)34/h5-11,16-19H,3-4,12-15,20H2,1-2H3/b29-17+,35-32?. The molecule has 2 aliphatic heterocycles. The lowest BCUT2D eigenvalue weighted by Crippen LogP contribution is -2.40. The number of carbonyl (C=O) groups excluding carboxylic acids is 2. The van der Waals surface area contributed by atoms with Gasteiger partial charge in [-0.15, -0.1) is 0 Å². The van der Waals surface area contributed by atoms with E-state index in [1.165, 1.54) is 11.8 Å². The smallest absolute Gasteiger partial charge is 0.266 e. The van der Waals surface area contributed by atoms with Crippen LogP contribution in [0.4, 0.5) is 5.69 Å². The molecule has 0 atom stereocenters. The monoisotopic (exact) mass is 639 g/mol. The van der Waals surface area contributed by atoms with Gasteiger partial charge in [-0.25, -0.2) is 4.99 Å². The number of carbonyl (C=O) groups is 2. The topological polar surface area (TPSA) is 80.7 Å². The van der Waals surface area contributed by atoms with Crippen molar-refractivity contribution < 1.29 is 23.8 Å². The van der Waals surface area contributed by atoms with E-state index in [0.29, 0.717) is 82.3 Å². The van der Waals surface area contributed by atoms with Crippen LogP contribution >= 0.6 is 35.0 Å². The summed E-state index contributed by atoms with van der Waals surface area (Å²) in [5.74, 6) is 0.925. The van der Waals surface area contributed by atoms with Crippen LogP contribution in [0.5, 0.6) is 11.5 Å². The highest BCUT2D eigenvalue weighted by Gasteiger charge is 2.32. The summed E-state index contributed by atoms with van der Waals surface area (Å²) >= 11 is 13.6. The van der Waals surface area contributed by atoms with Crippen LogP contribution in [0.1, 0.15) is 35.3 Å². The molecule has 2 aliphatic rings. The second kappa shape index (κ2) is 14.3. The van der Waals surface area contributed by atoms with Crippen molar-refractivity contribution in [2.24, 2.45) is 4.99 Å². The third kappa shape index (κ3) is 7.54. The van der Waals surface area contributed by atoms with E-state index in [9.17, 15) is 9.59 Å². The Labute approximate surface area is 265 Å². The molecule has 0 N–H and O–H groups in total. The Morgan fingerprint density at radius 2 is 1.84 bits per heavy atom. The Morgan fingerprint density at radius 3 is 2.58 bits per heavy atom. The number of thioether (sulfide) groups is 1. The highest BCUT2D eigenvalue weighted by molar-refractivity contribution is 8.18. The largest absolute Gasteiger partial charge is 0.490 e. The molecule has 0 unspecified atom stereocenters. The number of benzene rings is 3. The fourth-order valence-corrected chi connectivity index (χ4v) is 6.11. The van der Waals surface area contributed by atoms with Crippen molar-refractivity contribution in [1.82, 2.24) is 9.80 Å². The van der Waals surface area contributed by atoms with Gasteiger partial charge in [0.2, 0.25) is 0 Å². The minimum absolute atomic E-state index is 0.0535. The van der Waals surface area contributed by atoms with Gasteiger partial charge in [-0.05, 0) is 79.7 Å². The van der Waals surface area contributed by atoms with Gasteiger partial charge in [0.15, 0.2) is 16.7 Å². The lowest BCUT2D eigenvalue weighted by atomic mass is 10.1. The van der Waals surface area contributed by atoms with Gasteiger partial charge in [0.05, 0.1) is 30.4 Å². The van der Waals surface area contributed by atoms with Gasteiger partial charge >= 0.3 is 0 Å². The molecule has 3 aromatic carbocycles. The third-order valence-electron chi connectivity index (χ3n) is 6.78. The maximum absolute atomic E-state index is 13.3. The molecular formula is C32H31Cl2N3O5S. The highest BCUT2D eigenvalue weighted by atomic mass is 35.5. The van der Waals surface area contributed by atoms with E-state index in [0.717, 1.165) is 11.1 Å². The van der Waals surface area contributed by atoms with E-state index >= 15 is 0 Å². The number of morpholine rings is 1. The molecule has 0 aromatic heterocycles. The third-order valence-corrected chi connectivity index (χ3v) is 8.38. The molecule has 0 bridgehead atoms. The summed E-state index contributed by atoms with van der Waals surface area (Å²) in [5, 5.41) is 1.64. The van der Waals surface area contributed by atoms with E-state index < -0.39 is 0 Å². The van der Waals surface area contributed by atoms with Gasteiger partial charge in [-0.3, -0.25) is 14.5 Å². The van der Waals surface area contributed by atoms with E-state index in [2.05, 4.69) is 0 Å². The van der Waals surface area contributed by atoms with Crippen LogP contribution in [0.25, 0.3) is 6.08 Å². The zero-order valence-corrected chi connectivity index (χ0v) is 26.2. The van der Waals surface area contributed by atoms with E-state index in [1.54, 1.807) is 40.1 Å². The lowest BCUT2D eigenvalue weighted by molar-refractivity contribution is -0.122. The van der Waals surface area contributed by atoms with Crippen molar-refractivity contribution in [1.29, 1.82) is 0 Å². The number of likely N-dealkylation sites (N-methyl/N-ethyl adjacent to an activating group) is 1. The SMILES string of the molecule is CCOc1cc(/C=C2/SC(=Nc3cccc(C(=O)N4CCOCC4)c3)N(CC)C2=O)ccc1OCc1ccc(Cl)cc1Cl. The molecule has 2 heterocycles. The zero-order chi connectivity index (χ0) is 30.3. The predicted octanol–water partition coefficient (Wildman–Crippen LogP) is 7.07. The summed E-state index contributed by atoms with van der Waals surface area (Å²) < 4.78 is 17.2. The molecule has 0 spiro atoms. The maximum Gasteiger partial charge on any atom is 0.266 e. The summed E-state index contributed by atoms with van der Waals surface area (Å²) in [5.41, 5.74) is 2.75. The molecular weight excluding hydrogens is 609 g/mol. The molecule has 0 aliphatic carbocycles. The van der Waals surface area contributed by atoms with E-state index in [4.69, 9.17) is 42.4 Å². The molecule has 2 saturated heterocycles. The van der Waals surface area contributed by atoms with Crippen LogP contribution in [0.2, 0.25) is 10.0 Å². The van der Waals surface area contributed by atoms with Crippen LogP contribution in [-0.2, 0) is 16.1 Å². The number of amidine groups is 1. The summed E-state index contributed by atoms with van der Waals surface area (Å²) in [4.78, 5) is 35.0. The lowest BCUT2D eigenvalue weighted by Gasteiger charge is -2.26. The van der Waals surface area contributed by atoms with Gasteiger partial charge in [0.1, 0.15) is 6.61 Å². The predicted molar refractivity (Wildman–Crippen MR) is 172 cm³/mol. The van der Waals surface area contributed by atoms with E-state index in [-0.39, 0.29) is 18.4 Å². The van der Waals surface area contributed by atoms with Crippen LogP contribution in [-0.4, -0.2) is 66.2 Å². The second-order valence-corrected chi connectivity index (χ2v) is 11.5. The van der Waals surface area contributed by atoms with E-state index in [1.807, 2.05) is 50.3 Å². The molecule has 224 valence electrons. The first-order valence-corrected chi connectivity index (χ1v) is 15.5. The van der Waals surface area contributed by atoms with Crippen LogP contribution < -0.4 is 9.47 Å². The van der Waals surface area contributed by atoms with Gasteiger partial charge in [0, 0.05) is 40.8 Å². The first kappa shape index (κ1) is 30.9. The van der Waals surface area contributed by atoms with Crippen molar-refractivity contribution in [3.63, 3.8) is 0 Å². The Kier molecular flexibility index (Phi) is 10.3. The molecule has 0 radical (unpaired) electrons. The Balaban J connectivity index is 1.34. The molecule has 2 amide bonds. The number of aliphatic imine (C=N–C) groups is 1. The first-order valence-electron chi connectivity index (χ1n) is 14.0. The minimum atomic E-state index is -0.137. The number of hydrogen-bond donors (Lipinski definition) is 0. The number of amides is 2. The maximum atomic E-state index is 13.3. The Bertz CT molecular complexity index is 1570. The number of halogens is 2. The summed E-state index contributed by atoms with van der Waals surface area (Å²) in [6.45, 7) is 7.14. The summed E-state index contributed by atoms with van der Waals surface area (Å²) in [6, 6.07) is 18.0. The molecule has 2 fully saturated rings. The average molecular weight is 641 g/mol. The normalized spacial score (nSPS) is 17.2. The van der Waals surface area contributed by atoms with Crippen molar-refractivity contribution in [3.05, 3.63) is 92.3 Å². The molecule has 0 saturated carbocycles. The number of rotatable bonds is 9. The quantitative estimate of drug-likeness (QED) is 0.233. The molecule has 8 nitrogen and oxygen atoms in total. The fraction of sp³-hybridized carbons (Fsp3) is 0.281. The van der Waals surface area contributed by atoms with Crippen molar-refractivity contribution in [2.45, 2.75) is 20.5 Å². The summed E-state index contributed by atoms with van der Waals surface area (Å²) in [6.07, 6.45) is 1.82. The van der Waals surface area contributed by atoms with Gasteiger partial charge in [-0.2, -0.15) is 0 Å². The second-order valence-electron chi connectivity index (χ2n) is 9.67. The molecule has 3 aromatic rings. The fourth-order valence-electron chi connectivity index (χ4n) is 4.59. The van der Waals surface area contributed by atoms with Crippen molar-refractivity contribution in [3.8, 4) is 11.5 Å². The van der Waals surface area contributed by atoms with Gasteiger partial charge in [-0.1, -0.05) is 41.4 Å². The highest BCUT2D eigenvalue weighted by Crippen LogP contribution is 2.36. The molecule has 43 heavy (non-hydrogen) atoms. The van der Waals surface area contributed by atoms with Crippen molar-refractivity contribution >= 4 is 63.7 Å². The number of ether oxygens (including phenoxy) is 3. The van der Waals surface area contributed by atoms with Gasteiger partial charge < -0.3 is 19.1 Å². The average Bonchev–Trinajstić information content (AvgIpc) is 3.30. The number of nitrogens with zero attached hydrogens (tertiary/aromatic N) is 3. The van der Waals surface area contributed by atoms with Crippen LogP contribution in [0, 0.1) is 0 Å². The Hall–Kier alpha value is -3.50. The number of hydrogen-bond acceptors (Lipinski definition) is 7. The van der Waals surface area contributed by atoms with Crippen molar-refractivity contribution in [2.75, 3.05) is 39.5 Å². The van der Waals surface area contributed by atoms with Crippen LogP contribution in [0.3, 0.4) is 0 Å². The summed E-state index contributed by atoms with van der Waals surface area (Å²) in [7, 11) is 0. The minimum Gasteiger partial charge on any atom is -0.490 e. The van der Waals surface area contributed by atoms with Gasteiger partial charge in [0.25, 0.3) is 11.8 Å². The van der Waals surface area contributed by atoms with Crippen LogP contribution in [0.15, 0.2) is 70.6 Å². The zero-order valence-electron chi connectivity index (χ0n) is 23.8. The Morgan fingerprint density at radius 1 is 1.02 bits per heavy atom. The first-order chi connectivity index (χ1) is 20.9. The molecule has 5 rings (SSSR count). The molecule has 11 heteroatoms.